The molecule has 2 aliphatic rings. The van der Waals surface area contributed by atoms with Gasteiger partial charge in [-0.15, -0.1) is 0 Å². The maximum Gasteiger partial charge on any atom is 0.243 e. The number of benzene rings is 1. The number of amides is 1. The van der Waals surface area contributed by atoms with Gasteiger partial charge in [-0.2, -0.15) is 4.31 Å². The smallest absolute Gasteiger partial charge is 0.243 e. The molecular weight excluding hydrogens is 308 g/mol. The first-order chi connectivity index (χ1) is 10.5. The second-order valence-electron chi connectivity index (χ2n) is 5.34. The van der Waals surface area contributed by atoms with Crippen LogP contribution in [0.3, 0.4) is 0 Å². The summed E-state index contributed by atoms with van der Waals surface area (Å²) >= 11 is 0. The van der Waals surface area contributed by atoms with Crippen LogP contribution in [-0.2, 0) is 14.8 Å². The lowest BCUT2D eigenvalue weighted by molar-refractivity contribution is -0.121. The fraction of sp³-hybridized carbons (Fsp3) is 0.500. The highest BCUT2D eigenvalue weighted by Gasteiger charge is 2.38. The monoisotopic (exact) mass is 326 g/mol. The van der Waals surface area contributed by atoms with Crippen molar-refractivity contribution in [2.24, 2.45) is 5.73 Å². The number of carbonyl (C=O) groups excluding carboxylic acids is 1. The molecule has 0 aromatic heterocycles. The van der Waals surface area contributed by atoms with Crippen molar-refractivity contribution >= 4 is 15.9 Å². The lowest BCUT2D eigenvalue weighted by Gasteiger charge is -2.22. The van der Waals surface area contributed by atoms with Gasteiger partial charge in [0.15, 0.2) is 11.5 Å². The maximum atomic E-state index is 12.7. The predicted molar refractivity (Wildman–Crippen MR) is 78.2 cm³/mol. The van der Waals surface area contributed by atoms with Gasteiger partial charge in [0.1, 0.15) is 6.04 Å². The van der Waals surface area contributed by atoms with Crippen molar-refractivity contribution in [1.29, 1.82) is 0 Å². The molecule has 1 atom stereocenters. The molecule has 1 saturated heterocycles. The van der Waals surface area contributed by atoms with E-state index in [1.54, 1.807) is 6.07 Å². The van der Waals surface area contributed by atoms with Crippen LogP contribution in [-0.4, -0.2) is 44.4 Å². The van der Waals surface area contributed by atoms with Gasteiger partial charge >= 0.3 is 0 Å². The molecule has 0 saturated carbocycles. The molecule has 120 valence electrons. The van der Waals surface area contributed by atoms with E-state index in [0.717, 1.165) is 6.42 Å². The molecule has 0 spiro atoms. The first-order valence-electron chi connectivity index (χ1n) is 7.21. The normalized spacial score (nSPS) is 22.3. The quantitative estimate of drug-likeness (QED) is 0.871. The van der Waals surface area contributed by atoms with Crippen LogP contribution >= 0.6 is 0 Å². The van der Waals surface area contributed by atoms with E-state index in [4.69, 9.17) is 15.2 Å². The molecule has 2 N–H and O–H groups in total. The van der Waals surface area contributed by atoms with Crippen molar-refractivity contribution in [3.8, 4) is 11.5 Å². The summed E-state index contributed by atoms with van der Waals surface area (Å²) < 4.78 is 37.7. The molecule has 7 nitrogen and oxygen atoms in total. The summed E-state index contributed by atoms with van der Waals surface area (Å²) in [5, 5.41) is 0. The molecule has 1 aromatic carbocycles. The Hall–Kier alpha value is -1.80. The van der Waals surface area contributed by atoms with Crippen molar-refractivity contribution in [3.05, 3.63) is 18.2 Å². The Labute approximate surface area is 129 Å². The van der Waals surface area contributed by atoms with Gasteiger partial charge in [0, 0.05) is 19.0 Å². The van der Waals surface area contributed by atoms with E-state index in [1.807, 2.05) is 0 Å². The molecular formula is C14H18N2O5S. The zero-order valence-electron chi connectivity index (χ0n) is 12.0. The molecule has 22 heavy (non-hydrogen) atoms. The maximum absolute atomic E-state index is 12.7. The van der Waals surface area contributed by atoms with Crippen molar-refractivity contribution in [1.82, 2.24) is 4.31 Å². The van der Waals surface area contributed by atoms with Crippen LogP contribution in [0.15, 0.2) is 23.1 Å². The zero-order chi connectivity index (χ0) is 15.7. The van der Waals surface area contributed by atoms with Crippen LogP contribution in [0.2, 0.25) is 0 Å². The average Bonchev–Trinajstić information content (AvgIpc) is 2.87. The van der Waals surface area contributed by atoms with Crippen molar-refractivity contribution < 1.29 is 22.7 Å². The Morgan fingerprint density at radius 3 is 2.64 bits per heavy atom. The Bertz CT molecular complexity index is 688. The number of nitrogens with two attached hydrogens (primary N) is 1. The average molecular weight is 326 g/mol. The topological polar surface area (TPSA) is 98.9 Å². The van der Waals surface area contributed by atoms with E-state index in [0.29, 0.717) is 44.1 Å². The van der Waals surface area contributed by atoms with Crippen molar-refractivity contribution in [2.75, 3.05) is 19.8 Å². The van der Waals surface area contributed by atoms with Gasteiger partial charge in [-0.3, -0.25) is 4.79 Å². The van der Waals surface area contributed by atoms with Crippen LogP contribution in [0.5, 0.6) is 11.5 Å². The van der Waals surface area contributed by atoms with Crippen LogP contribution in [0.25, 0.3) is 0 Å². The Kier molecular flexibility index (Phi) is 3.96. The first kappa shape index (κ1) is 15.1. The van der Waals surface area contributed by atoms with Crippen LogP contribution in [0, 0.1) is 0 Å². The van der Waals surface area contributed by atoms with Gasteiger partial charge in [0.2, 0.25) is 15.9 Å². The summed E-state index contributed by atoms with van der Waals surface area (Å²) in [7, 11) is -3.78. The van der Waals surface area contributed by atoms with Crippen molar-refractivity contribution in [2.45, 2.75) is 30.2 Å². The summed E-state index contributed by atoms with van der Waals surface area (Å²) in [5.41, 5.74) is 5.30. The molecule has 0 radical (unpaired) electrons. The van der Waals surface area contributed by atoms with Gasteiger partial charge in [-0.1, -0.05) is 0 Å². The van der Waals surface area contributed by atoms with Crippen LogP contribution < -0.4 is 15.2 Å². The number of ether oxygens (including phenoxy) is 2. The highest BCUT2D eigenvalue weighted by Crippen LogP contribution is 2.34. The summed E-state index contributed by atoms with van der Waals surface area (Å²) in [6.07, 6.45) is 1.82. The minimum atomic E-state index is -3.78. The molecule has 2 heterocycles. The van der Waals surface area contributed by atoms with Gasteiger partial charge in [0.05, 0.1) is 18.1 Å². The Balaban J connectivity index is 1.95. The highest BCUT2D eigenvalue weighted by molar-refractivity contribution is 7.89. The van der Waals surface area contributed by atoms with Crippen LogP contribution in [0.1, 0.15) is 19.3 Å². The van der Waals surface area contributed by atoms with E-state index < -0.39 is 22.0 Å². The number of nitrogens with zero attached hydrogens (tertiary/aromatic N) is 1. The van der Waals surface area contributed by atoms with Gasteiger partial charge in [-0.25, -0.2) is 8.42 Å². The molecule has 1 amide bonds. The second kappa shape index (κ2) is 5.77. The zero-order valence-corrected chi connectivity index (χ0v) is 12.8. The number of hydrogen-bond acceptors (Lipinski definition) is 5. The fourth-order valence-corrected chi connectivity index (χ4v) is 4.43. The van der Waals surface area contributed by atoms with Gasteiger partial charge in [0.25, 0.3) is 0 Å². The molecule has 0 unspecified atom stereocenters. The summed E-state index contributed by atoms with van der Waals surface area (Å²) in [4.78, 5) is 11.5. The van der Waals surface area contributed by atoms with Crippen LogP contribution in [0.4, 0.5) is 0 Å². The standard InChI is InChI=1S/C14H18N2O5S/c15-14(17)11-3-1-6-16(11)22(18,19)10-4-5-12-13(9-10)21-8-2-7-20-12/h4-5,9,11H,1-3,6-8H2,(H2,15,17)/t11-/m1/s1. The third-order valence-electron chi connectivity index (χ3n) is 3.86. The predicted octanol–water partition coefficient (Wildman–Crippen LogP) is 0.486. The lowest BCUT2D eigenvalue weighted by atomic mass is 10.2. The van der Waals surface area contributed by atoms with E-state index in [9.17, 15) is 13.2 Å². The third-order valence-corrected chi connectivity index (χ3v) is 5.76. The number of rotatable bonds is 3. The Morgan fingerprint density at radius 1 is 1.18 bits per heavy atom. The summed E-state index contributed by atoms with van der Waals surface area (Å²) in [6, 6.07) is 3.73. The second-order valence-corrected chi connectivity index (χ2v) is 7.23. The number of fused-ring (bicyclic) bond motifs is 1. The summed E-state index contributed by atoms with van der Waals surface area (Å²) in [5.74, 6) is 0.327. The number of primary amides is 1. The minimum absolute atomic E-state index is 0.0879. The molecule has 8 heteroatoms. The van der Waals surface area contributed by atoms with E-state index >= 15 is 0 Å². The molecule has 2 aliphatic heterocycles. The van der Waals surface area contributed by atoms with E-state index in [2.05, 4.69) is 0 Å². The van der Waals surface area contributed by atoms with E-state index in [-0.39, 0.29) is 4.90 Å². The Morgan fingerprint density at radius 2 is 1.91 bits per heavy atom. The molecule has 0 bridgehead atoms. The molecule has 1 aromatic rings. The minimum Gasteiger partial charge on any atom is -0.490 e. The third kappa shape index (κ3) is 2.64. The fourth-order valence-electron chi connectivity index (χ4n) is 2.75. The largest absolute Gasteiger partial charge is 0.490 e. The van der Waals surface area contributed by atoms with Gasteiger partial charge in [-0.05, 0) is 25.0 Å². The van der Waals surface area contributed by atoms with Crippen molar-refractivity contribution in [3.63, 3.8) is 0 Å². The molecule has 3 rings (SSSR count). The molecule has 0 aliphatic carbocycles. The number of hydrogen-bond donors (Lipinski definition) is 1. The number of carbonyl (C=O) groups is 1. The SMILES string of the molecule is NC(=O)[C@H]1CCCN1S(=O)(=O)c1ccc2c(c1)OCCCO2. The summed E-state index contributed by atoms with van der Waals surface area (Å²) in [6.45, 7) is 1.31. The van der Waals surface area contributed by atoms with E-state index in [1.165, 1.54) is 16.4 Å². The highest BCUT2D eigenvalue weighted by atomic mass is 32.2. The molecule has 1 fully saturated rings. The lowest BCUT2D eigenvalue weighted by Crippen LogP contribution is -2.43. The first-order valence-corrected chi connectivity index (χ1v) is 8.65. The number of sulfonamides is 1. The van der Waals surface area contributed by atoms with Gasteiger partial charge < -0.3 is 15.2 Å².